The maximum Gasteiger partial charge on any atom is 0.228 e. The number of β-amino-alcohol motifs (C(OH)–C–C–N with tert-alkyl or cyclic N) is 1. The fourth-order valence-corrected chi connectivity index (χ4v) is 4.87. The number of carbonyl (C=O) groups is 1. The molecule has 2 aliphatic heterocycles. The van der Waals surface area contributed by atoms with Crippen molar-refractivity contribution in [1.29, 1.82) is 0 Å². The van der Waals surface area contributed by atoms with Gasteiger partial charge in [-0.05, 0) is 27.2 Å². The van der Waals surface area contributed by atoms with Crippen molar-refractivity contribution in [2.24, 2.45) is 5.41 Å². The lowest BCUT2D eigenvalue weighted by Gasteiger charge is -2.37. The number of aromatic nitrogens is 2. The molecule has 2 saturated heterocycles. The lowest BCUT2D eigenvalue weighted by atomic mass is 9.94. The van der Waals surface area contributed by atoms with Crippen LogP contribution in [0, 0.1) is 5.41 Å². The SMILES string of the molecule is CC(C)(C)C(=O)N1CCN(Cc2nsc(NC[C@@H]3C[C@@H](O)CN3C(C)(C)C)n2)CC1. The van der Waals surface area contributed by atoms with E-state index >= 15 is 0 Å². The summed E-state index contributed by atoms with van der Waals surface area (Å²) in [6.45, 7) is 17.9. The second-order valence-corrected chi connectivity index (χ2v) is 11.3. The fraction of sp³-hybridized carbons (Fsp3) is 0.857. The van der Waals surface area contributed by atoms with Crippen molar-refractivity contribution in [1.82, 2.24) is 24.1 Å². The van der Waals surface area contributed by atoms with Gasteiger partial charge in [-0.25, -0.2) is 4.98 Å². The number of anilines is 1. The number of nitrogens with one attached hydrogen (secondary N) is 1. The summed E-state index contributed by atoms with van der Waals surface area (Å²) in [5.41, 5.74) is -0.288. The molecule has 8 nitrogen and oxygen atoms in total. The first-order valence-corrected chi connectivity index (χ1v) is 11.7. The number of rotatable bonds is 5. The first kappa shape index (κ1) is 23.4. The molecule has 1 amide bonds. The molecule has 2 fully saturated rings. The summed E-state index contributed by atoms with van der Waals surface area (Å²) in [6.07, 6.45) is 0.526. The minimum Gasteiger partial charge on any atom is -0.392 e. The molecule has 0 bridgehead atoms. The Morgan fingerprint density at radius 3 is 2.43 bits per heavy atom. The van der Waals surface area contributed by atoms with Crippen molar-refractivity contribution >= 4 is 22.6 Å². The first-order valence-electron chi connectivity index (χ1n) is 11.0. The van der Waals surface area contributed by atoms with Crippen LogP contribution in [-0.4, -0.2) is 92.0 Å². The molecule has 9 heteroatoms. The summed E-state index contributed by atoms with van der Waals surface area (Å²) in [5, 5.41) is 14.4. The van der Waals surface area contributed by atoms with Crippen LogP contribution in [0.4, 0.5) is 5.13 Å². The Labute approximate surface area is 184 Å². The van der Waals surface area contributed by atoms with Crippen molar-refractivity contribution in [2.75, 3.05) is 44.6 Å². The molecule has 1 aromatic rings. The number of amides is 1. The second-order valence-electron chi connectivity index (χ2n) is 10.6. The third-order valence-corrected chi connectivity index (χ3v) is 6.59. The Kier molecular flexibility index (Phi) is 7.06. The van der Waals surface area contributed by atoms with E-state index in [0.717, 1.165) is 56.6 Å². The zero-order valence-corrected chi connectivity index (χ0v) is 20.1. The molecule has 30 heavy (non-hydrogen) atoms. The number of hydrogen-bond acceptors (Lipinski definition) is 8. The van der Waals surface area contributed by atoms with Crippen molar-refractivity contribution in [3.63, 3.8) is 0 Å². The van der Waals surface area contributed by atoms with Crippen LogP contribution in [-0.2, 0) is 11.3 Å². The molecule has 3 rings (SSSR count). The predicted molar refractivity (Wildman–Crippen MR) is 121 cm³/mol. The maximum absolute atomic E-state index is 12.4. The molecular formula is C21H38N6O2S. The Morgan fingerprint density at radius 1 is 1.17 bits per heavy atom. The number of nitrogens with zero attached hydrogens (tertiary/aromatic N) is 5. The van der Waals surface area contributed by atoms with Crippen LogP contribution in [0.1, 0.15) is 53.8 Å². The van der Waals surface area contributed by atoms with Crippen LogP contribution in [0.3, 0.4) is 0 Å². The molecule has 2 N–H and O–H groups in total. The highest BCUT2D eigenvalue weighted by atomic mass is 32.1. The van der Waals surface area contributed by atoms with Gasteiger partial charge in [-0.2, -0.15) is 4.37 Å². The molecule has 170 valence electrons. The van der Waals surface area contributed by atoms with Gasteiger partial charge >= 0.3 is 0 Å². The second kappa shape index (κ2) is 9.06. The molecule has 0 spiro atoms. The van der Waals surface area contributed by atoms with E-state index in [1.54, 1.807) is 0 Å². The van der Waals surface area contributed by atoms with Gasteiger partial charge in [0.1, 0.15) is 0 Å². The maximum atomic E-state index is 12.4. The third-order valence-electron chi connectivity index (χ3n) is 5.88. The number of piperazine rings is 1. The van der Waals surface area contributed by atoms with Gasteiger partial charge in [0.05, 0.1) is 12.6 Å². The number of carbonyl (C=O) groups excluding carboxylic acids is 1. The molecule has 0 saturated carbocycles. The summed E-state index contributed by atoms with van der Waals surface area (Å²) in [7, 11) is 0. The Hall–Kier alpha value is -1.29. The fourth-order valence-electron chi connectivity index (χ4n) is 4.29. The van der Waals surface area contributed by atoms with Gasteiger partial charge in [0, 0.05) is 67.8 Å². The van der Waals surface area contributed by atoms with E-state index in [4.69, 9.17) is 0 Å². The average molecular weight is 439 g/mol. The van der Waals surface area contributed by atoms with Gasteiger partial charge in [0.15, 0.2) is 5.82 Å². The number of hydrogen-bond donors (Lipinski definition) is 2. The summed E-state index contributed by atoms with van der Waals surface area (Å²) >= 11 is 1.40. The predicted octanol–water partition coefficient (Wildman–Crippen LogP) is 1.87. The highest BCUT2D eigenvalue weighted by Crippen LogP contribution is 2.27. The normalized spacial score (nSPS) is 24.4. The van der Waals surface area contributed by atoms with Crippen LogP contribution < -0.4 is 5.32 Å². The van der Waals surface area contributed by atoms with Crippen LogP contribution in [0.2, 0.25) is 0 Å². The molecule has 1 aromatic heterocycles. The quantitative estimate of drug-likeness (QED) is 0.726. The minimum absolute atomic E-state index is 0.0344. The van der Waals surface area contributed by atoms with Crippen LogP contribution in [0.15, 0.2) is 0 Å². The first-order chi connectivity index (χ1) is 13.9. The molecule has 3 heterocycles. The number of aliphatic hydroxyl groups excluding tert-OH is 1. The van der Waals surface area contributed by atoms with E-state index in [0.29, 0.717) is 12.6 Å². The van der Waals surface area contributed by atoms with E-state index in [1.807, 2.05) is 25.7 Å². The number of likely N-dealkylation sites (tertiary alicyclic amines) is 1. The summed E-state index contributed by atoms with van der Waals surface area (Å²) in [5.74, 6) is 1.05. The van der Waals surface area contributed by atoms with E-state index in [-0.39, 0.29) is 23.0 Å². The van der Waals surface area contributed by atoms with E-state index in [1.165, 1.54) is 11.5 Å². The van der Waals surface area contributed by atoms with Gasteiger partial charge in [0.25, 0.3) is 0 Å². The van der Waals surface area contributed by atoms with E-state index in [9.17, 15) is 9.90 Å². The van der Waals surface area contributed by atoms with Crippen molar-refractivity contribution < 1.29 is 9.90 Å². The van der Waals surface area contributed by atoms with Crippen LogP contribution in [0.25, 0.3) is 0 Å². The average Bonchev–Trinajstić information content (AvgIpc) is 3.25. The number of aliphatic hydroxyl groups is 1. The monoisotopic (exact) mass is 438 g/mol. The zero-order chi connectivity index (χ0) is 22.1. The smallest absolute Gasteiger partial charge is 0.228 e. The van der Waals surface area contributed by atoms with Gasteiger partial charge in [-0.1, -0.05) is 20.8 Å². The highest BCUT2D eigenvalue weighted by Gasteiger charge is 2.37. The Balaban J connectivity index is 1.46. The molecule has 0 aliphatic carbocycles. The Morgan fingerprint density at radius 2 is 1.83 bits per heavy atom. The van der Waals surface area contributed by atoms with Gasteiger partial charge in [-0.3, -0.25) is 14.6 Å². The molecule has 0 unspecified atom stereocenters. The van der Waals surface area contributed by atoms with Crippen molar-refractivity contribution in [3.8, 4) is 0 Å². The highest BCUT2D eigenvalue weighted by molar-refractivity contribution is 7.09. The van der Waals surface area contributed by atoms with Crippen LogP contribution >= 0.6 is 11.5 Å². The summed E-state index contributed by atoms with van der Waals surface area (Å²) in [6, 6.07) is 0.292. The largest absolute Gasteiger partial charge is 0.392 e. The Bertz CT molecular complexity index is 718. The van der Waals surface area contributed by atoms with E-state index in [2.05, 4.69) is 45.2 Å². The van der Waals surface area contributed by atoms with Crippen molar-refractivity contribution in [2.45, 2.75) is 72.2 Å². The lowest BCUT2D eigenvalue weighted by Crippen LogP contribution is -2.51. The molecule has 2 aliphatic rings. The van der Waals surface area contributed by atoms with E-state index < -0.39 is 0 Å². The van der Waals surface area contributed by atoms with Crippen molar-refractivity contribution in [3.05, 3.63) is 5.82 Å². The molecular weight excluding hydrogens is 400 g/mol. The summed E-state index contributed by atoms with van der Waals surface area (Å²) < 4.78 is 4.51. The third kappa shape index (κ3) is 5.90. The van der Waals surface area contributed by atoms with Crippen LogP contribution in [0.5, 0.6) is 0 Å². The van der Waals surface area contributed by atoms with Gasteiger partial charge in [-0.15, -0.1) is 0 Å². The summed E-state index contributed by atoms with van der Waals surface area (Å²) in [4.78, 5) is 23.7. The molecule has 0 aromatic carbocycles. The lowest BCUT2D eigenvalue weighted by molar-refractivity contribution is -0.141. The minimum atomic E-state index is -0.322. The molecule has 2 atom stereocenters. The van der Waals surface area contributed by atoms with Gasteiger partial charge in [0.2, 0.25) is 11.0 Å². The zero-order valence-electron chi connectivity index (χ0n) is 19.3. The molecule has 0 radical (unpaired) electrons. The van der Waals surface area contributed by atoms with Gasteiger partial charge < -0.3 is 15.3 Å². The topological polar surface area (TPSA) is 84.8 Å². The standard InChI is InChI=1S/C21H38N6O2S/c1-20(2,3)18(29)26-9-7-25(8-10-26)14-17-23-19(30-24-17)22-12-15-11-16(28)13-27(15)21(4,5)6/h15-16,28H,7-14H2,1-6H3,(H,22,23,24)/t15-,16+/m0/s1.